The highest BCUT2D eigenvalue weighted by Gasteiger charge is 2.27. The minimum atomic E-state index is 0.134. The van der Waals surface area contributed by atoms with E-state index in [1.165, 1.54) is 43.5 Å². The van der Waals surface area contributed by atoms with Crippen LogP contribution in [0.25, 0.3) is 0 Å². The molecule has 1 saturated heterocycles. The fourth-order valence-electron chi connectivity index (χ4n) is 2.90. The zero-order chi connectivity index (χ0) is 16.2. The second-order valence-corrected chi connectivity index (χ2v) is 7.38. The van der Waals surface area contributed by atoms with Crippen molar-refractivity contribution in [1.29, 1.82) is 0 Å². The fourth-order valence-corrected chi connectivity index (χ4v) is 3.09. The second-order valence-electron chi connectivity index (χ2n) is 6.97. The molecule has 4 heteroatoms. The van der Waals surface area contributed by atoms with Gasteiger partial charge in [-0.25, -0.2) is 0 Å². The first-order chi connectivity index (χ1) is 10.4. The minimum Gasteiger partial charge on any atom is -0.361 e. The van der Waals surface area contributed by atoms with Gasteiger partial charge in [0.05, 0.1) is 0 Å². The smallest absolute Gasteiger partial charge is 0.170 e. The van der Waals surface area contributed by atoms with Crippen LogP contribution in [0.15, 0.2) is 18.2 Å². The first kappa shape index (κ1) is 17.2. The molecule has 1 fully saturated rings. The van der Waals surface area contributed by atoms with Crippen molar-refractivity contribution in [2.24, 2.45) is 0 Å². The van der Waals surface area contributed by atoms with Gasteiger partial charge >= 0.3 is 0 Å². The number of benzene rings is 1. The van der Waals surface area contributed by atoms with Crippen LogP contribution in [0.1, 0.15) is 44.2 Å². The van der Waals surface area contributed by atoms with E-state index in [-0.39, 0.29) is 5.54 Å². The molecular formula is C18H29N3S. The molecule has 3 nitrogen and oxygen atoms in total. The Morgan fingerprint density at radius 1 is 1.14 bits per heavy atom. The average Bonchev–Trinajstić information content (AvgIpc) is 2.50. The molecule has 0 amide bonds. The normalized spacial score (nSPS) is 16.4. The first-order valence-corrected chi connectivity index (χ1v) is 8.66. The summed E-state index contributed by atoms with van der Waals surface area (Å²) in [5.41, 5.74) is 3.77. The van der Waals surface area contributed by atoms with Gasteiger partial charge in [-0.3, -0.25) is 4.90 Å². The van der Waals surface area contributed by atoms with E-state index in [1.807, 2.05) is 0 Å². The predicted molar refractivity (Wildman–Crippen MR) is 99.6 cm³/mol. The van der Waals surface area contributed by atoms with Crippen LogP contribution in [0.2, 0.25) is 0 Å². The molecule has 0 aliphatic carbocycles. The highest BCUT2D eigenvalue weighted by atomic mass is 32.1. The van der Waals surface area contributed by atoms with Gasteiger partial charge in [0.15, 0.2) is 5.11 Å². The van der Waals surface area contributed by atoms with Crippen molar-refractivity contribution in [3.63, 3.8) is 0 Å². The van der Waals surface area contributed by atoms with E-state index >= 15 is 0 Å². The Balaban J connectivity index is 1.84. The van der Waals surface area contributed by atoms with Gasteiger partial charge in [-0.1, -0.05) is 12.5 Å². The van der Waals surface area contributed by atoms with E-state index in [1.54, 1.807) is 0 Å². The fraction of sp³-hybridized carbons (Fsp3) is 0.611. The first-order valence-electron chi connectivity index (χ1n) is 8.26. The van der Waals surface area contributed by atoms with Crippen molar-refractivity contribution >= 4 is 23.0 Å². The zero-order valence-corrected chi connectivity index (χ0v) is 15.1. The number of hydrogen-bond donors (Lipinski definition) is 2. The van der Waals surface area contributed by atoms with Gasteiger partial charge in [0.1, 0.15) is 0 Å². The van der Waals surface area contributed by atoms with Crippen molar-refractivity contribution in [3.05, 3.63) is 29.3 Å². The molecule has 2 rings (SSSR count). The Morgan fingerprint density at radius 3 is 2.45 bits per heavy atom. The van der Waals surface area contributed by atoms with Crippen LogP contribution >= 0.6 is 12.2 Å². The van der Waals surface area contributed by atoms with E-state index < -0.39 is 0 Å². The maximum absolute atomic E-state index is 5.44. The molecule has 2 N–H and O–H groups in total. The number of rotatable bonds is 4. The summed E-state index contributed by atoms with van der Waals surface area (Å²) < 4.78 is 0. The molecule has 0 unspecified atom stereocenters. The number of piperidine rings is 1. The molecule has 0 radical (unpaired) electrons. The van der Waals surface area contributed by atoms with Gasteiger partial charge in [-0.2, -0.15) is 0 Å². The lowest BCUT2D eigenvalue weighted by Gasteiger charge is -2.41. The topological polar surface area (TPSA) is 27.3 Å². The Hall–Kier alpha value is -1.13. The van der Waals surface area contributed by atoms with Crippen molar-refractivity contribution in [2.75, 3.05) is 25.0 Å². The highest BCUT2D eigenvalue weighted by molar-refractivity contribution is 7.80. The van der Waals surface area contributed by atoms with Crippen LogP contribution in [0.5, 0.6) is 0 Å². The van der Waals surface area contributed by atoms with E-state index in [0.717, 1.165) is 12.2 Å². The molecular weight excluding hydrogens is 290 g/mol. The SMILES string of the molecule is Cc1ccc(NC(=S)NCC(C)(C)N2CCCCC2)cc1C. The molecule has 0 saturated carbocycles. The van der Waals surface area contributed by atoms with Gasteiger partial charge in [0.25, 0.3) is 0 Å². The van der Waals surface area contributed by atoms with E-state index in [9.17, 15) is 0 Å². The number of likely N-dealkylation sites (tertiary alicyclic amines) is 1. The third kappa shape index (κ3) is 4.68. The molecule has 0 atom stereocenters. The Morgan fingerprint density at radius 2 is 1.82 bits per heavy atom. The van der Waals surface area contributed by atoms with Crippen LogP contribution in [-0.4, -0.2) is 35.2 Å². The van der Waals surface area contributed by atoms with Gasteiger partial charge in [-0.05, 0) is 89.1 Å². The number of thiocarbonyl (C=S) groups is 1. The summed E-state index contributed by atoms with van der Waals surface area (Å²) >= 11 is 5.44. The highest BCUT2D eigenvalue weighted by Crippen LogP contribution is 2.20. The molecule has 122 valence electrons. The summed E-state index contributed by atoms with van der Waals surface area (Å²) in [5.74, 6) is 0. The van der Waals surface area contributed by atoms with Crippen LogP contribution < -0.4 is 10.6 Å². The minimum absolute atomic E-state index is 0.134. The summed E-state index contributed by atoms with van der Waals surface area (Å²) in [7, 11) is 0. The molecule has 1 aliphatic heterocycles. The molecule has 1 heterocycles. The van der Waals surface area contributed by atoms with E-state index in [4.69, 9.17) is 12.2 Å². The molecule has 0 aromatic heterocycles. The second kappa shape index (κ2) is 7.42. The summed E-state index contributed by atoms with van der Waals surface area (Å²) in [6.45, 7) is 12.1. The molecule has 1 aliphatic rings. The van der Waals surface area contributed by atoms with Crippen molar-refractivity contribution < 1.29 is 0 Å². The standard InChI is InChI=1S/C18H29N3S/c1-14-8-9-16(12-15(14)2)20-17(22)19-13-18(3,4)21-10-6-5-7-11-21/h8-9,12H,5-7,10-11,13H2,1-4H3,(H2,19,20,22). The van der Waals surface area contributed by atoms with Gasteiger partial charge in [0.2, 0.25) is 0 Å². The third-order valence-corrected chi connectivity index (χ3v) is 4.90. The van der Waals surface area contributed by atoms with Crippen LogP contribution in [0.4, 0.5) is 5.69 Å². The lowest BCUT2D eigenvalue weighted by atomic mass is 9.98. The van der Waals surface area contributed by atoms with E-state index in [2.05, 4.69) is 61.4 Å². The number of anilines is 1. The summed E-state index contributed by atoms with van der Waals surface area (Å²) in [6, 6.07) is 6.34. The number of aryl methyl sites for hydroxylation is 2. The zero-order valence-electron chi connectivity index (χ0n) is 14.3. The largest absolute Gasteiger partial charge is 0.361 e. The number of nitrogens with one attached hydrogen (secondary N) is 2. The van der Waals surface area contributed by atoms with Crippen LogP contribution in [-0.2, 0) is 0 Å². The summed E-state index contributed by atoms with van der Waals surface area (Å²) in [5, 5.41) is 7.37. The molecule has 1 aromatic rings. The Bertz CT molecular complexity index is 519. The summed E-state index contributed by atoms with van der Waals surface area (Å²) in [6.07, 6.45) is 4.00. The monoisotopic (exact) mass is 319 g/mol. The number of nitrogens with zero attached hydrogens (tertiary/aromatic N) is 1. The molecule has 0 bridgehead atoms. The van der Waals surface area contributed by atoms with E-state index in [0.29, 0.717) is 5.11 Å². The van der Waals surface area contributed by atoms with Crippen LogP contribution in [0, 0.1) is 13.8 Å². The lowest BCUT2D eigenvalue weighted by Crippen LogP contribution is -2.53. The van der Waals surface area contributed by atoms with Gasteiger partial charge in [-0.15, -0.1) is 0 Å². The molecule has 1 aromatic carbocycles. The van der Waals surface area contributed by atoms with Crippen molar-refractivity contribution in [2.45, 2.75) is 52.5 Å². The number of hydrogen-bond acceptors (Lipinski definition) is 2. The third-order valence-electron chi connectivity index (χ3n) is 4.66. The van der Waals surface area contributed by atoms with Crippen molar-refractivity contribution in [3.8, 4) is 0 Å². The Kier molecular flexibility index (Phi) is 5.81. The maximum atomic E-state index is 5.44. The maximum Gasteiger partial charge on any atom is 0.170 e. The van der Waals surface area contributed by atoms with Crippen LogP contribution in [0.3, 0.4) is 0 Å². The summed E-state index contributed by atoms with van der Waals surface area (Å²) in [4.78, 5) is 2.57. The quantitative estimate of drug-likeness (QED) is 0.824. The molecule has 0 spiro atoms. The predicted octanol–water partition coefficient (Wildman–Crippen LogP) is 3.85. The van der Waals surface area contributed by atoms with Gasteiger partial charge < -0.3 is 10.6 Å². The average molecular weight is 320 g/mol. The van der Waals surface area contributed by atoms with Crippen molar-refractivity contribution in [1.82, 2.24) is 10.2 Å². The molecule has 22 heavy (non-hydrogen) atoms. The van der Waals surface area contributed by atoms with Gasteiger partial charge in [0, 0.05) is 17.8 Å². The lowest BCUT2D eigenvalue weighted by molar-refractivity contribution is 0.0986. The Labute approximate surface area is 140 Å².